The van der Waals surface area contributed by atoms with Crippen LogP contribution in [0, 0.1) is 0 Å². The van der Waals surface area contributed by atoms with Crippen LogP contribution < -0.4 is 5.73 Å². The van der Waals surface area contributed by atoms with Crippen LogP contribution in [0.25, 0.3) is 0 Å². The Labute approximate surface area is 79.9 Å². The maximum absolute atomic E-state index is 5.42. The van der Waals surface area contributed by atoms with Gasteiger partial charge < -0.3 is 10.5 Å². The average Bonchev–Trinajstić information content (AvgIpc) is 1.98. The second-order valence-electron chi connectivity index (χ2n) is 3.01. The van der Waals surface area contributed by atoms with Crippen LogP contribution >= 0.6 is 12.2 Å². The van der Waals surface area contributed by atoms with E-state index in [1.165, 1.54) is 0 Å². The van der Waals surface area contributed by atoms with E-state index in [-0.39, 0.29) is 0 Å². The number of thiocarbonyl (C=S) groups is 1. The summed E-state index contributed by atoms with van der Waals surface area (Å²) in [6.45, 7) is 3.60. The van der Waals surface area contributed by atoms with Crippen LogP contribution in [0.5, 0.6) is 0 Å². The fourth-order valence-corrected chi connectivity index (χ4v) is 1.11. The van der Waals surface area contributed by atoms with Gasteiger partial charge in [0.25, 0.3) is 0 Å². The summed E-state index contributed by atoms with van der Waals surface area (Å²) in [7, 11) is 3.72. The quantitative estimate of drug-likeness (QED) is 0.624. The van der Waals surface area contributed by atoms with Gasteiger partial charge in [-0.25, -0.2) is 0 Å². The molecule has 0 aliphatic carbocycles. The van der Waals surface area contributed by atoms with E-state index in [1.54, 1.807) is 7.11 Å². The number of hydrogen-bond acceptors (Lipinski definition) is 3. The molecule has 0 bridgehead atoms. The molecule has 3 nitrogen and oxygen atoms in total. The topological polar surface area (TPSA) is 38.5 Å². The lowest BCUT2D eigenvalue weighted by atomic mass is 10.2. The highest BCUT2D eigenvalue weighted by molar-refractivity contribution is 7.80. The van der Waals surface area contributed by atoms with E-state index in [2.05, 4.69) is 11.8 Å². The van der Waals surface area contributed by atoms with Crippen molar-refractivity contribution in [1.29, 1.82) is 0 Å². The first kappa shape index (κ1) is 11.8. The van der Waals surface area contributed by atoms with E-state index in [0.717, 1.165) is 13.0 Å². The van der Waals surface area contributed by atoms with Gasteiger partial charge in [0, 0.05) is 26.3 Å². The Balaban J connectivity index is 3.60. The third-order valence-electron chi connectivity index (χ3n) is 1.90. The molecule has 0 heterocycles. The highest BCUT2D eigenvalue weighted by atomic mass is 32.1. The molecule has 0 aliphatic rings. The lowest BCUT2D eigenvalue weighted by Crippen LogP contribution is -2.36. The van der Waals surface area contributed by atoms with Crippen molar-refractivity contribution >= 4 is 17.2 Å². The maximum atomic E-state index is 5.42. The van der Waals surface area contributed by atoms with Crippen molar-refractivity contribution in [2.75, 3.05) is 27.3 Å². The highest BCUT2D eigenvalue weighted by Crippen LogP contribution is 2.00. The van der Waals surface area contributed by atoms with Crippen molar-refractivity contribution in [2.45, 2.75) is 19.4 Å². The van der Waals surface area contributed by atoms with Crippen LogP contribution in [0.1, 0.15) is 13.3 Å². The molecule has 0 radical (unpaired) electrons. The van der Waals surface area contributed by atoms with Gasteiger partial charge in [0.15, 0.2) is 0 Å². The number of nitrogens with two attached hydrogens (primary N) is 1. The number of hydrogen-bond donors (Lipinski definition) is 1. The molecule has 0 aliphatic heterocycles. The third-order valence-corrected chi connectivity index (χ3v) is 2.03. The number of nitrogens with zero attached hydrogens (tertiary/aromatic N) is 1. The van der Waals surface area contributed by atoms with E-state index in [4.69, 9.17) is 22.7 Å². The lowest BCUT2D eigenvalue weighted by molar-refractivity contribution is 0.160. The molecule has 0 aromatic carbocycles. The summed E-state index contributed by atoms with van der Waals surface area (Å²) in [6.07, 6.45) is 1.01. The summed E-state index contributed by atoms with van der Waals surface area (Å²) in [5.74, 6) is 0. The Morgan fingerprint density at radius 3 is 2.67 bits per heavy atom. The number of rotatable bonds is 6. The SMILES string of the molecule is COCCC(C)N(C)CC(N)=S. The van der Waals surface area contributed by atoms with Crippen molar-refractivity contribution < 1.29 is 4.74 Å². The fraction of sp³-hybridized carbons (Fsp3) is 0.875. The molecule has 0 rings (SSSR count). The van der Waals surface area contributed by atoms with Gasteiger partial charge in [0.1, 0.15) is 0 Å². The summed E-state index contributed by atoms with van der Waals surface area (Å²) in [6, 6.07) is 0.464. The first-order chi connectivity index (χ1) is 5.57. The van der Waals surface area contributed by atoms with Gasteiger partial charge in [-0.1, -0.05) is 12.2 Å². The molecule has 0 saturated carbocycles. The zero-order valence-corrected chi connectivity index (χ0v) is 8.86. The number of likely N-dealkylation sites (N-methyl/N-ethyl adjacent to an activating group) is 1. The van der Waals surface area contributed by atoms with Gasteiger partial charge in [-0.15, -0.1) is 0 Å². The zero-order valence-electron chi connectivity index (χ0n) is 8.04. The minimum Gasteiger partial charge on any atom is -0.392 e. The van der Waals surface area contributed by atoms with Gasteiger partial charge in [-0.3, -0.25) is 4.90 Å². The zero-order chi connectivity index (χ0) is 9.56. The molecule has 12 heavy (non-hydrogen) atoms. The van der Waals surface area contributed by atoms with E-state index >= 15 is 0 Å². The molecule has 4 heteroatoms. The largest absolute Gasteiger partial charge is 0.392 e. The predicted molar refractivity (Wildman–Crippen MR) is 55.4 cm³/mol. The van der Waals surface area contributed by atoms with Crippen LogP contribution in [0.2, 0.25) is 0 Å². The van der Waals surface area contributed by atoms with Crippen molar-refractivity contribution in [3.8, 4) is 0 Å². The molecule has 72 valence electrons. The molecule has 0 spiro atoms. The summed E-state index contributed by atoms with van der Waals surface area (Å²) in [4.78, 5) is 2.67. The first-order valence-electron chi connectivity index (χ1n) is 4.05. The molecular formula is C8H18N2OS. The monoisotopic (exact) mass is 190 g/mol. The van der Waals surface area contributed by atoms with Crippen molar-refractivity contribution in [1.82, 2.24) is 4.90 Å². The Morgan fingerprint density at radius 2 is 2.25 bits per heavy atom. The minimum absolute atomic E-state index is 0.464. The van der Waals surface area contributed by atoms with Gasteiger partial charge in [-0.05, 0) is 20.4 Å². The average molecular weight is 190 g/mol. The molecular weight excluding hydrogens is 172 g/mol. The molecule has 0 fully saturated rings. The van der Waals surface area contributed by atoms with Gasteiger partial charge in [-0.2, -0.15) is 0 Å². The molecule has 0 aromatic rings. The summed E-state index contributed by atoms with van der Waals surface area (Å²) < 4.78 is 4.98. The van der Waals surface area contributed by atoms with E-state index in [1.807, 2.05) is 7.05 Å². The fourth-order valence-electron chi connectivity index (χ4n) is 0.910. The summed E-state index contributed by atoms with van der Waals surface area (Å²) in [5.41, 5.74) is 5.42. The highest BCUT2D eigenvalue weighted by Gasteiger charge is 2.08. The Bertz CT molecular complexity index is 141. The van der Waals surface area contributed by atoms with Gasteiger partial charge >= 0.3 is 0 Å². The second kappa shape index (κ2) is 6.34. The molecule has 0 aromatic heterocycles. The van der Waals surface area contributed by atoms with Gasteiger partial charge in [0.2, 0.25) is 0 Å². The minimum atomic E-state index is 0.464. The molecule has 1 atom stereocenters. The molecule has 0 saturated heterocycles. The maximum Gasteiger partial charge on any atom is 0.0870 e. The normalized spacial score (nSPS) is 13.3. The summed E-state index contributed by atoms with van der Waals surface area (Å²) in [5, 5.41) is 0. The number of ether oxygens (including phenoxy) is 1. The van der Waals surface area contributed by atoms with E-state index < -0.39 is 0 Å². The van der Waals surface area contributed by atoms with Gasteiger partial charge in [0.05, 0.1) is 4.99 Å². The molecule has 0 amide bonds. The smallest absolute Gasteiger partial charge is 0.0870 e. The van der Waals surface area contributed by atoms with Crippen LogP contribution in [-0.4, -0.2) is 43.2 Å². The second-order valence-corrected chi connectivity index (χ2v) is 3.54. The van der Waals surface area contributed by atoms with E-state index in [9.17, 15) is 0 Å². The van der Waals surface area contributed by atoms with Crippen LogP contribution in [-0.2, 0) is 4.74 Å². The standard InChI is InChI=1S/C8H18N2OS/c1-7(4-5-11-3)10(2)6-8(9)12/h7H,4-6H2,1-3H3,(H2,9,12). The molecule has 2 N–H and O–H groups in total. The third kappa shape index (κ3) is 5.46. The van der Waals surface area contributed by atoms with E-state index in [0.29, 0.717) is 17.6 Å². The Kier molecular flexibility index (Phi) is 6.24. The van der Waals surface area contributed by atoms with Crippen molar-refractivity contribution in [2.24, 2.45) is 5.73 Å². The Morgan fingerprint density at radius 1 is 1.67 bits per heavy atom. The Hall–Kier alpha value is -0.190. The number of methoxy groups -OCH3 is 1. The predicted octanol–water partition coefficient (Wildman–Crippen LogP) is 0.629. The van der Waals surface area contributed by atoms with Crippen LogP contribution in [0.3, 0.4) is 0 Å². The van der Waals surface area contributed by atoms with Crippen molar-refractivity contribution in [3.63, 3.8) is 0 Å². The van der Waals surface area contributed by atoms with Crippen LogP contribution in [0.4, 0.5) is 0 Å². The lowest BCUT2D eigenvalue weighted by Gasteiger charge is -2.23. The first-order valence-corrected chi connectivity index (χ1v) is 4.46. The van der Waals surface area contributed by atoms with Crippen LogP contribution in [0.15, 0.2) is 0 Å². The molecule has 1 unspecified atom stereocenters. The summed E-state index contributed by atoms with van der Waals surface area (Å²) >= 11 is 4.81. The van der Waals surface area contributed by atoms with Crippen molar-refractivity contribution in [3.05, 3.63) is 0 Å².